The van der Waals surface area contributed by atoms with E-state index in [0.717, 1.165) is 12.8 Å². The van der Waals surface area contributed by atoms with Gasteiger partial charge < -0.3 is 19.6 Å². The zero-order valence-corrected chi connectivity index (χ0v) is 13.1. The molecule has 0 aromatic carbocycles. The van der Waals surface area contributed by atoms with Gasteiger partial charge in [0, 0.05) is 12.6 Å². The lowest BCUT2D eigenvalue weighted by Gasteiger charge is -2.37. The summed E-state index contributed by atoms with van der Waals surface area (Å²) in [6, 6.07) is -0.430. The Balaban J connectivity index is 2.88. The molecule has 7 heteroatoms. The first-order valence-electron chi connectivity index (χ1n) is 7.22. The molecule has 1 rings (SSSR count). The largest absolute Gasteiger partial charge is 0.480 e. The Morgan fingerprint density at radius 1 is 1.24 bits per heavy atom. The molecule has 0 aliphatic heterocycles. The van der Waals surface area contributed by atoms with Crippen molar-refractivity contribution in [3.8, 4) is 0 Å². The molecule has 0 aromatic heterocycles. The number of nitrogens with zero attached hydrogens (tertiary/aromatic N) is 2. The smallest absolute Gasteiger partial charge is 0.329 e. The number of ether oxygens (including phenoxy) is 1. The van der Waals surface area contributed by atoms with Gasteiger partial charge in [0.1, 0.15) is 12.1 Å². The highest BCUT2D eigenvalue weighted by Gasteiger charge is 2.43. The van der Waals surface area contributed by atoms with Gasteiger partial charge in [-0.2, -0.15) is 0 Å². The van der Waals surface area contributed by atoms with Crippen molar-refractivity contribution >= 4 is 18.0 Å². The molecule has 7 nitrogen and oxygen atoms in total. The Bertz CT molecular complexity index is 418. The van der Waals surface area contributed by atoms with E-state index in [4.69, 9.17) is 4.74 Å². The lowest BCUT2D eigenvalue weighted by Crippen LogP contribution is -2.58. The maximum absolute atomic E-state index is 12.6. The molecule has 0 bridgehead atoms. The van der Waals surface area contributed by atoms with Gasteiger partial charge in [0.05, 0.1) is 6.61 Å². The zero-order valence-electron chi connectivity index (χ0n) is 13.1. The number of hydrogen-bond acceptors (Lipinski definition) is 4. The molecule has 0 unspecified atom stereocenters. The molecule has 120 valence electrons. The van der Waals surface area contributed by atoms with Crippen molar-refractivity contribution in [1.82, 2.24) is 9.80 Å². The van der Waals surface area contributed by atoms with E-state index in [9.17, 15) is 19.5 Å². The Morgan fingerprint density at radius 3 is 2.19 bits per heavy atom. The SMILES string of the molecule is CCOC(=O)CN(C(=O)N(CC)C(C)(C)C(=O)O)C1CC1. The van der Waals surface area contributed by atoms with E-state index < -0.39 is 23.5 Å². The molecule has 1 aliphatic carbocycles. The van der Waals surface area contributed by atoms with Crippen LogP contribution in [-0.2, 0) is 14.3 Å². The molecule has 0 saturated heterocycles. The molecule has 0 radical (unpaired) electrons. The van der Waals surface area contributed by atoms with Crippen molar-refractivity contribution in [2.75, 3.05) is 19.7 Å². The second kappa shape index (κ2) is 6.78. The van der Waals surface area contributed by atoms with Crippen molar-refractivity contribution in [3.63, 3.8) is 0 Å². The van der Waals surface area contributed by atoms with Crippen LogP contribution in [0.3, 0.4) is 0 Å². The summed E-state index contributed by atoms with van der Waals surface area (Å²) in [5.41, 5.74) is -1.33. The van der Waals surface area contributed by atoms with Crippen molar-refractivity contribution in [2.24, 2.45) is 0 Å². The topological polar surface area (TPSA) is 87.2 Å². The summed E-state index contributed by atoms with van der Waals surface area (Å²) in [7, 11) is 0. The number of amides is 2. The van der Waals surface area contributed by atoms with Gasteiger partial charge in [0.15, 0.2) is 0 Å². The predicted molar refractivity (Wildman–Crippen MR) is 75.9 cm³/mol. The first kappa shape index (κ1) is 17.3. The average molecular weight is 300 g/mol. The zero-order chi connectivity index (χ0) is 16.2. The molecular formula is C14H24N2O5. The fourth-order valence-electron chi connectivity index (χ4n) is 2.12. The normalized spacial score (nSPS) is 14.5. The first-order chi connectivity index (χ1) is 9.75. The van der Waals surface area contributed by atoms with E-state index in [2.05, 4.69) is 0 Å². The maximum atomic E-state index is 12.6. The molecule has 0 aromatic rings. The van der Waals surface area contributed by atoms with Gasteiger partial charge >= 0.3 is 18.0 Å². The quantitative estimate of drug-likeness (QED) is 0.716. The Hall–Kier alpha value is -1.79. The number of esters is 1. The summed E-state index contributed by atoms with van der Waals surface area (Å²) in [5.74, 6) is -1.55. The molecule has 21 heavy (non-hydrogen) atoms. The van der Waals surface area contributed by atoms with Gasteiger partial charge in [-0.25, -0.2) is 9.59 Å². The van der Waals surface area contributed by atoms with Gasteiger partial charge in [-0.1, -0.05) is 0 Å². The van der Waals surface area contributed by atoms with E-state index in [1.54, 1.807) is 13.8 Å². The van der Waals surface area contributed by atoms with Crippen LogP contribution in [0.1, 0.15) is 40.5 Å². The van der Waals surface area contributed by atoms with Gasteiger partial charge in [0.25, 0.3) is 0 Å². The van der Waals surface area contributed by atoms with E-state index in [1.165, 1.54) is 23.6 Å². The van der Waals surface area contributed by atoms with Crippen LogP contribution in [0.5, 0.6) is 0 Å². The number of rotatable bonds is 7. The monoisotopic (exact) mass is 300 g/mol. The summed E-state index contributed by atoms with van der Waals surface area (Å²) in [6.07, 6.45) is 1.66. The number of hydrogen-bond donors (Lipinski definition) is 1. The highest BCUT2D eigenvalue weighted by atomic mass is 16.5. The Labute approximate surface area is 124 Å². The fraction of sp³-hybridized carbons (Fsp3) is 0.786. The van der Waals surface area contributed by atoms with Crippen LogP contribution in [0.25, 0.3) is 0 Å². The molecular weight excluding hydrogens is 276 g/mol. The molecule has 1 aliphatic rings. The van der Waals surface area contributed by atoms with Crippen LogP contribution in [0.2, 0.25) is 0 Å². The van der Waals surface area contributed by atoms with Crippen LogP contribution in [-0.4, -0.2) is 64.2 Å². The van der Waals surface area contributed by atoms with Gasteiger partial charge in [-0.3, -0.25) is 4.79 Å². The summed E-state index contributed by atoms with van der Waals surface area (Å²) in [4.78, 5) is 38.3. The number of carboxylic acids is 1. The van der Waals surface area contributed by atoms with Crippen molar-refractivity contribution in [1.29, 1.82) is 0 Å². The van der Waals surface area contributed by atoms with Crippen LogP contribution >= 0.6 is 0 Å². The minimum Gasteiger partial charge on any atom is -0.480 e. The highest BCUT2D eigenvalue weighted by molar-refractivity contribution is 5.87. The number of aliphatic carboxylic acids is 1. The number of carbonyl (C=O) groups excluding carboxylic acids is 2. The molecule has 2 amide bonds. The van der Waals surface area contributed by atoms with Crippen LogP contribution in [0, 0.1) is 0 Å². The lowest BCUT2D eigenvalue weighted by molar-refractivity contribution is -0.148. The van der Waals surface area contributed by atoms with Crippen molar-refractivity contribution in [3.05, 3.63) is 0 Å². The van der Waals surface area contributed by atoms with Crippen molar-refractivity contribution in [2.45, 2.75) is 52.1 Å². The summed E-state index contributed by atoms with van der Waals surface area (Å²) >= 11 is 0. The van der Waals surface area contributed by atoms with Gasteiger partial charge in [0.2, 0.25) is 0 Å². The minimum atomic E-state index is -1.33. The third-order valence-corrected chi connectivity index (χ3v) is 3.58. The Morgan fingerprint density at radius 2 is 1.81 bits per heavy atom. The second-order valence-corrected chi connectivity index (χ2v) is 5.56. The maximum Gasteiger partial charge on any atom is 0.329 e. The van der Waals surface area contributed by atoms with E-state index in [1.807, 2.05) is 0 Å². The minimum absolute atomic E-state index is 0.000510. The van der Waals surface area contributed by atoms with Crippen molar-refractivity contribution < 1.29 is 24.2 Å². The third kappa shape index (κ3) is 4.09. The number of carboxylic acid groups (broad SMARTS) is 1. The molecule has 0 heterocycles. The van der Waals surface area contributed by atoms with Crippen LogP contribution in [0.4, 0.5) is 4.79 Å². The van der Waals surface area contributed by atoms with E-state index in [0.29, 0.717) is 0 Å². The van der Waals surface area contributed by atoms with E-state index >= 15 is 0 Å². The standard InChI is InChI=1S/C14H24N2O5/c1-5-16(14(3,4)12(18)19)13(20)15(10-7-8-10)9-11(17)21-6-2/h10H,5-9H2,1-4H3,(H,18,19). The van der Waals surface area contributed by atoms with Crippen LogP contribution < -0.4 is 0 Å². The molecule has 1 saturated carbocycles. The lowest BCUT2D eigenvalue weighted by atomic mass is 10.0. The molecule has 0 spiro atoms. The van der Waals surface area contributed by atoms with Crippen LogP contribution in [0.15, 0.2) is 0 Å². The average Bonchev–Trinajstić information content (AvgIpc) is 3.20. The number of likely N-dealkylation sites (N-methyl/N-ethyl adjacent to an activating group) is 1. The predicted octanol–water partition coefficient (Wildman–Crippen LogP) is 1.32. The highest BCUT2D eigenvalue weighted by Crippen LogP contribution is 2.29. The summed E-state index contributed by atoms with van der Waals surface area (Å²) in [6.45, 7) is 6.75. The third-order valence-electron chi connectivity index (χ3n) is 3.58. The first-order valence-corrected chi connectivity index (χ1v) is 7.22. The number of carbonyl (C=O) groups is 3. The van der Waals surface area contributed by atoms with Gasteiger partial charge in [-0.05, 0) is 40.5 Å². The summed E-state index contributed by atoms with van der Waals surface area (Å²) in [5, 5.41) is 9.29. The molecule has 0 atom stereocenters. The molecule has 1 N–H and O–H groups in total. The Kier molecular flexibility index (Phi) is 5.57. The second-order valence-electron chi connectivity index (χ2n) is 5.56. The fourth-order valence-corrected chi connectivity index (χ4v) is 2.12. The molecule has 1 fully saturated rings. The number of urea groups is 1. The van der Waals surface area contributed by atoms with Gasteiger partial charge in [-0.15, -0.1) is 0 Å². The van der Waals surface area contributed by atoms with E-state index in [-0.39, 0.29) is 25.7 Å². The summed E-state index contributed by atoms with van der Waals surface area (Å²) < 4.78 is 4.88.